The Kier molecular flexibility index (Phi) is 4.65. The predicted octanol–water partition coefficient (Wildman–Crippen LogP) is 1.14. The van der Waals surface area contributed by atoms with Crippen LogP contribution in [0.25, 0.3) is 5.65 Å². The average Bonchev–Trinajstić information content (AvgIpc) is 3.07. The first-order valence-corrected chi connectivity index (χ1v) is 7.67. The van der Waals surface area contributed by atoms with E-state index in [1.54, 1.807) is 31.2 Å². The molecule has 0 saturated heterocycles. The molecule has 2 heterocycles. The molecule has 0 bridgehead atoms. The third-order valence-corrected chi connectivity index (χ3v) is 3.53. The first kappa shape index (κ1) is 17.1. The number of imidazole rings is 1. The van der Waals surface area contributed by atoms with Gasteiger partial charge in [-0.25, -0.2) is 9.78 Å². The molecule has 10 nitrogen and oxygen atoms in total. The zero-order valence-corrected chi connectivity index (χ0v) is 14.1. The number of aromatic nitrogens is 4. The maximum atomic E-state index is 12.5. The van der Waals surface area contributed by atoms with Crippen molar-refractivity contribution in [2.75, 3.05) is 24.8 Å². The van der Waals surface area contributed by atoms with Crippen LogP contribution in [0, 0.1) is 0 Å². The topological polar surface area (TPSA) is 134 Å². The molecule has 0 saturated carbocycles. The van der Waals surface area contributed by atoms with Gasteiger partial charge in [-0.15, -0.1) is 10.2 Å². The minimum atomic E-state index is -0.644. The number of hydrogen-bond donors (Lipinski definition) is 2. The van der Waals surface area contributed by atoms with Crippen LogP contribution in [0.3, 0.4) is 0 Å². The number of nitrogens with zero attached hydrogens (tertiary/aromatic N) is 4. The summed E-state index contributed by atoms with van der Waals surface area (Å²) >= 11 is 0. The molecule has 1 amide bonds. The zero-order valence-electron chi connectivity index (χ0n) is 14.1. The smallest absolute Gasteiger partial charge is 0.360 e. The van der Waals surface area contributed by atoms with Crippen molar-refractivity contribution in [1.82, 2.24) is 19.6 Å². The highest BCUT2D eigenvalue weighted by Crippen LogP contribution is 2.24. The van der Waals surface area contributed by atoms with Crippen LogP contribution in [0.15, 0.2) is 30.6 Å². The number of fused-ring (bicyclic) bond motifs is 1. The number of para-hydroxylation sites is 2. The monoisotopic (exact) mass is 356 g/mol. The van der Waals surface area contributed by atoms with Gasteiger partial charge in [0.05, 0.1) is 19.4 Å². The molecule has 1 aromatic carbocycles. The molecule has 2 aromatic heterocycles. The number of nitrogens with two attached hydrogens (primary N) is 1. The van der Waals surface area contributed by atoms with Crippen molar-refractivity contribution in [2.24, 2.45) is 0 Å². The Labute approximate surface area is 147 Å². The minimum absolute atomic E-state index is 0.00885. The standard InChI is InChI=1S/C16H16N6O4/c1-3-26-16(24)12-14-21-20-11(13(17)22(14)8-18-12)15(23)19-9-6-4-5-7-10(9)25-2/h4-8H,3,17H2,1-2H3,(H,19,23). The SMILES string of the molecule is CCOC(=O)c1ncn2c(N)c(C(=O)Nc3ccccc3OC)nnc12. The molecule has 0 unspecified atom stereocenters. The number of carbonyl (C=O) groups is 2. The van der Waals surface area contributed by atoms with E-state index in [2.05, 4.69) is 20.5 Å². The second-order valence-electron chi connectivity index (χ2n) is 5.10. The number of nitrogen functional groups attached to an aromatic ring is 1. The van der Waals surface area contributed by atoms with Crippen molar-refractivity contribution in [3.8, 4) is 5.75 Å². The fourth-order valence-corrected chi connectivity index (χ4v) is 2.31. The van der Waals surface area contributed by atoms with Crippen LogP contribution in [-0.2, 0) is 4.74 Å². The lowest BCUT2D eigenvalue weighted by Gasteiger charge is -2.10. The van der Waals surface area contributed by atoms with E-state index in [-0.39, 0.29) is 29.5 Å². The van der Waals surface area contributed by atoms with Gasteiger partial charge in [-0.1, -0.05) is 12.1 Å². The first-order valence-electron chi connectivity index (χ1n) is 7.67. The molecule has 3 aromatic rings. The Morgan fingerprint density at radius 3 is 2.73 bits per heavy atom. The number of benzene rings is 1. The summed E-state index contributed by atoms with van der Waals surface area (Å²) in [5, 5.41) is 10.4. The van der Waals surface area contributed by atoms with Crippen molar-refractivity contribution >= 4 is 29.0 Å². The summed E-state index contributed by atoms with van der Waals surface area (Å²) in [4.78, 5) is 28.3. The molecule has 0 aliphatic rings. The van der Waals surface area contributed by atoms with E-state index in [1.165, 1.54) is 17.8 Å². The number of anilines is 2. The molecule has 0 aliphatic heterocycles. The largest absolute Gasteiger partial charge is 0.495 e. The molecule has 0 aliphatic carbocycles. The summed E-state index contributed by atoms with van der Waals surface area (Å²) in [5.41, 5.74) is 6.43. The van der Waals surface area contributed by atoms with Gasteiger partial charge in [-0.3, -0.25) is 9.20 Å². The van der Waals surface area contributed by atoms with E-state index in [9.17, 15) is 9.59 Å². The van der Waals surface area contributed by atoms with Gasteiger partial charge < -0.3 is 20.5 Å². The number of methoxy groups -OCH3 is 1. The second kappa shape index (κ2) is 7.05. The lowest BCUT2D eigenvalue weighted by molar-refractivity contribution is 0.0522. The number of esters is 1. The minimum Gasteiger partial charge on any atom is -0.495 e. The third-order valence-electron chi connectivity index (χ3n) is 3.53. The maximum Gasteiger partial charge on any atom is 0.360 e. The van der Waals surface area contributed by atoms with Gasteiger partial charge in [0.15, 0.2) is 17.0 Å². The van der Waals surface area contributed by atoms with E-state index in [0.29, 0.717) is 11.4 Å². The molecular weight excluding hydrogens is 340 g/mol. The molecule has 0 radical (unpaired) electrons. The van der Waals surface area contributed by atoms with Gasteiger partial charge in [0.25, 0.3) is 5.91 Å². The maximum absolute atomic E-state index is 12.5. The number of amides is 1. The number of rotatable bonds is 5. The van der Waals surface area contributed by atoms with Crippen LogP contribution >= 0.6 is 0 Å². The summed E-state index contributed by atoms with van der Waals surface area (Å²) in [6.07, 6.45) is 1.28. The molecular formula is C16H16N6O4. The average molecular weight is 356 g/mol. The molecule has 134 valence electrons. The van der Waals surface area contributed by atoms with Crippen LogP contribution in [0.4, 0.5) is 11.5 Å². The van der Waals surface area contributed by atoms with Crippen LogP contribution < -0.4 is 15.8 Å². The summed E-state index contributed by atoms with van der Waals surface area (Å²) in [7, 11) is 1.49. The van der Waals surface area contributed by atoms with E-state index < -0.39 is 11.9 Å². The van der Waals surface area contributed by atoms with Gasteiger partial charge in [0, 0.05) is 0 Å². The lowest BCUT2D eigenvalue weighted by Crippen LogP contribution is -2.19. The number of nitrogens with one attached hydrogen (secondary N) is 1. The highest BCUT2D eigenvalue weighted by molar-refractivity contribution is 6.06. The molecule has 0 atom stereocenters. The van der Waals surface area contributed by atoms with E-state index >= 15 is 0 Å². The van der Waals surface area contributed by atoms with Gasteiger partial charge in [-0.05, 0) is 19.1 Å². The van der Waals surface area contributed by atoms with Gasteiger partial charge in [-0.2, -0.15) is 0 Å². The summed E-state index contributed by atoms with van der Waals surface area (Å²) in [6, 6.07) is 6.90. The van der Waals surface area contributed by atoms with Crippen LogP contribution in [0.5, 0.6) is 5.75 Å². The normalized spacial score (nSPS) is 10.5. The number of hydrogen-bond acceptors (Lipinski definition) is 8. The molecule has 26 heavy (non-hydrogen) atoms. The first-order chi connectivity index (χ1) is 12.6. The molecule has 10 heteroatoms. The Morgan fingerprint density at radius 1 is 1.23 bits per heavy atom. The molecule has 3 N–H and O–H groups in total. The van der Waals surface area contributed by atoms with Crippen molar-refractivity contribution in [2.45, 2.75) is 6.92 Å². The predicted molar refractivity (Wildman–Crippen MR) is 92.1 cm³/mol. The zero-order chi connectivity index (χ0) is 18.7. The fraction of sp³-hybridized carbons (Fsp3) is 0.188. The van der Waals surface area contributed by atoms with Gasteiger partial charge >= 0.3 is 5.97 Å². The van der Waals surface area contributed by atoms with Crippen LogP contribution in [0.1, 0.15) is 27.9 Å². The molecule has 0 spiro atoms. The van der Waals surface area contributed by atoms with E-state index in [4.69, 9.17) is 15.2 Å². The Bertz CT molecular complexity index is 984. The Balaban J connectivity index is 1.94. The molecule has 3 rings (SSSR count). The third kappa shape index (κ3) is 2.99. The van der Waals surface area contributed by atoms with E-state index in [1.807, 2.05) is 0 Å². The number of carbonyl (C=O) groups excluding carboxylic acids is 2. The molecule has 0 fully saturated rings. The van der Waals surface area contributed by atoms with Gasteiger partial charge in [0.1, 0.15) is 17.9 Å². The summed E-state index contributed by atoms with van der Waals surface area (Å²) in [5.74, 6) is -0.742. The summed E-state index contributed by atoms with van der Waals surface area (Å²) in [6.45, 7) is 1.87. The van der Waals surface area contributed by atoms with Crippen LogP contribution in [0.2, 0.25) is 0 Å². The van der Waals surface area contributed by atoms with Crippen molar-refractivity contribution in [3.63, 3.8) is 0 Å². The number of ether oxygens (including phenoxy) is 2. The fourth-order valence-electron chi connectivity index (χ4n) is 2.31. The highest BCUT2D eigenvalue weighted by atomic mass is 16.5. The second-order valence-corrected chi connectivity index (χ2v) is 5.10. The van der Waals surface area contributed by atoms with Crippen molar-refractivity contribution in [1.29, 1.82) is 0 Å². The van der Waals surface area contributed by atoms with Gasteiger partial charge in [0.2, 0.25) is 0 Å². The highest BCUT2D eigenvalue weighted by Gasteiger charge is 2.22. The van der Waals surface area contributed by atoms with Crippen LogP contribution in [-0.4, -0.2) is 45.2 Å². The Morgan fingerprint density at radius 2 is 2.00 bits per heavy atom. The lowest BCUT2D eigenvalue weighted by atomic mass is 10.2. The van der Waals surface area contributed by atoms with Crippen molar-refractivity contribution < 1.29 is 19.1 Å². The Hall–Kier alpha value is -3.69. The summed E-state index contributed by atoms with van der Waals surface area (Å²) < 4.78 is 11.4. The van der Waals surface area contributed by atoms with E-state index in [0.717, 1.165) is 0 Å². The van der Waals surface area contributed by atoms with Crippen molar-refractivity contribution in [3.05, 3.63) is 42.0 Å². The quantitative estimate of drug-likeness (QED) is 0.650.